The zero-order valence-electron chi connectivity index (χ0n) is 15.2. The van der Waals surface area contributed by atoms with Crippen LogP contribution in [0.25, 0.3) is 10.8 Å². The highest BCUT2D eigenvalue weighted by molar-refractivity contribution is 9.10. The van der Waals surface area contributed by atoms with Crippen LogP contribution in [-0.4, -0.2) is 15.7 Å². The van der Waals surface area contributed by atoms with Crippen LogP contribution < -0.4 is 10.9 Å². The topological polar surface area (TPSA) is 87.8 Å². The molecule has 0 aliphatic carbocycles. The zero-order chi connectivity index (χ0) is 20.4. The predicted octanol–water partition coefficient (Wildman–Crippen LogP) is 3.93. The van der Waals surface area contributed by atoms with E-state index in [2.05, 4.69) is 26.3 Å². The van der Waals surface area contributed by atoms with Gasteiger partial charge in [0.25, 0.3) is 5.56 Å². The SMILES string of the molecule is CC(C)c1nn(CC(=O)Nc2ccc(C#N)cc2F)c(=O)c2ccc(Br)cc12. The van der Waals surface area contributed by atoms with Crippen molar-refractivity contribution < 1.29 is 9.18 Å². The molecule has 0 atom stereocenters. The Kier molecular flexibility index (Phi) is 5.56. The molecule has 1 aromatic heterocycles. The van der Waals surface area contributed by atoms with Crippen molar-refractivity contribution >= 4 is 38.3 Å². The molecule has 0 saturated heterocycles. The van der Waals surface area contributed by atoms with Crippen molar-refractivity contribution in [2.24, 2.45) is 0 Å². The van der Waals surface area contributed by atoms with Crippen molar-refractivity contribution in [3.8, 4) is 6.07 Å². The summed E-state index contributed by atoms with van der Waals surface area (Å²) in [6, 6.07) is 10.8. The quantitative estimate of drug-likeness (QED) is 0.662. The molecule has 1 N–H and O–H groups in total. The third-order valence-corrected chi connectivity index (χ3v) is 4.66. The van der Waals surface area contributed by atoms with Crippen LogP contribution in [0.2, 0.25) is 0 Å². The lowest BCUT2D eigenvalue weighted by Gasteiger charge is -2.14. The molecule has 3 rings (SSSR count). The summed E-state index contributed by atoms with van der Waals surface area (Å²) in [5.74, 6) is -1.29. The van der Waals surface area contributed by atoms with Gasteiger partial charge in [-0.05, 0) is 42.3 Å². The molecule has 142 valence electrons. The molecule has 6 nitrogen and oxygen atoms in total. The van der Waals surface area contributed by atoms with Gasteiger partial charge in [0.2, 0.25) is 5.91 Å². The van der Waals surface area contributed by atoms with Gasteiger partial charge in [-0.2, -0.15) is 10.4 Å². The largest absolute Gasteiger partial charge is 0.322 e. The molecule has 0 aliphatic rings. The van der Waals surface area contributed by atoms with E-state index in [9.17, 15) is 14.0 Å². The first-order chi connectivity index (χ1) is 13.3. The number of amides is 1. The minimum Gasteiger partial charge on any atom is -0.322 e. The Hall–Kier alpha value is -3.05. The van der Waals surface area contributed by atoms with Gasteiger partial charge in [-0.3, -0.25) is 9.59 Å². The van der Waals surface area contributed by atoms with Crippen molar-refractivity contribution in [3.05, 3.63) is 68.3 Å². The summed E-state index contributed by atoms with van der Waals surface area (Å²) in [4.78, 5) is 25.1. The molecule has 0 bridgehead atoms. The van der Waals surface area contributed by atoms with E-state index in [4.69, 9.17) is 5.26 Å². The van der Waals surface area contributed by atoms with Crippen LogP contribution in [0.15, 0.2) is 45.7 Å². The maximum Gasteiger partial charge on any atom is 0.275 e. The smallest absolute Gasteiger partial charge is 0.275 e. The van der Waals surface area contributed by atoms with Crippen LogP contribution in [0.3, 0.4) is 0 Å². The second-order valence-electron chi connectivity index (χ2n) is 6.55. The van der Waals surface area contributed by atoms with E-state index in [1.807, 2.05) is 26.0 Å². The highest BCUT2D eigenvalue weighted by Crippen LogP contribution is 2.24. The van der Waals surface area contributed by atoms with Crippen LogP contribution in [0.4, 0.5) is 10.1 Å². The van der Waals surface area contributed by atoms with Gasteiger partial charge < -0.3 is 5.32 Å². The molecule has 3 aromatic rings. The number of nitrogens with one attached hydrogen (secondary N) is 1. The number of fused-ring (bicyclic) bond motifs is 1. The van der Waals surface area contributed by atoms with E-state index >= 15 is 0 Å². The summed E-state index contributed by atoms with van der Waals surface area (Å²) in [5, 5.41) is 16.7. The normalized spacial score (nSPS) is 10.9. The fourth-order valence-corrected chi connectivity index (χ4v) is 3.19. The highest BCUT2D eigenvalue weighted by atomic mass is 79.9. The molecule has 1 amide bonds. The van der Waals surface area contributed by atoms with Crippen molar-refractivity contribution in [3.63, 3.8) is 0 Å². The Morgan fingerprint density at radius 2 is 2.04 bits per heavy atom. The maximum atomic E-state index is 14.0. The van der Waals surface area contributed by atoms with E-state index in [0.717, 1.165) is 20.6 Å². The fraction of sp³-hybridized carbons (Fsp3) is 0.200. The molecule has 28 heavy (non-hydrogen) atoms. The Labute approximate surface area is 168 Å². The van der Waals surface area contributed by atoms with Crippen molar-refractivity contribution in [1.82, 2.24) is 9.78 Å². The third kappa shape index (κ3) is 3.94. The molecule has 2 aromatic carbocycles. The number of benzene rings is 2. The number of carbonyl (C=O) groups excluding carboxylic acids is 1. The number of rotatable bonds is 4. The highest BCUT2D eigenvalue weighted by Gasteiger charge is 2.16. The standard InChI is InChI=1S/C20H16BrFN4O2/c1-11(2)19-15-8-13(21)4-5-14(15)20(28)26(25-19)10-18(27)24-17-6-3-12(9-23)7-16(17)22/h3-8,11H,10H2,1-2H3,(H,24,27). The predicted molar refractivity (Wildman–Crippen MR) is 108 cm³/mol. The number of aromatic nitrogens is 2. The Morgan fingerprint density at radius 1 is 1.29 bits per heavy atom. The Balaban J connectivity index is 1.95. The van der Waals surface area contributed by atoms with Gasteiger partial charge in [0.05, 0.1) is 28.4 Å². The van der Waals surface area contributed by atoms with E-state index in [-0.39, 0.29) is 23.7 Å². The van der Waals surface area contributed by atoms with Crippen LogP contribution in [0.1, 0.15) is 31.0 Å². The van der Waals surface area contributed by atoms with E-state index < -0.39 is 17.3 Å². The fourth-order valence-electron chi connectivity index (χ4n) is 2.83. The number of nitrogens with zero attached hydrogens (tertiary/aromatic N) is 3. The monoisotopic (exact) mass is 442 g/mol. The molecule has 0 aliphatic heterocycles. The van der Waals surface area contributed by atoms with Gasteiger partial charge in [-0.25, -0.2) is 9.07 Å². The lowest BCUT2D eigenvalue weighted by molar-refractivity contribution is -0.117. The van der Waals surface area contributed by atoms with Crippen LogP contribution >= 0.6 is 15.9 Å². The van der Waals surface area contributed by atoms with Gasteiger partial charge in [0.15, 0.2) is 0 Å². The summed E-state index contributed by atoms with van der Waals surface area (Å²) in [6.45, 7) is 3.54. The van der Waals surface area contributed by atoms with E-state index in [0.29, 0.717) is 11.1 Å². The molecule has 0 radical (unpaired) electrons. The number of halogens is 2. The summed E-state index contributed by atoms with van der Waals surface area (Å²) in [6.07, 6.45) is 0. The minimum absolute atomic E-state index is 0.0303. The molecular formula is C20H16BrFN4O2. The van der Waals surface area contributed by atoms with Gasteiger partial charge in [0, 0.05) is 9.86 Å². The van der Waals surface area contributed by atoms with Crippen LogP contribution in [-0.2, 0) is 11.3 Å². The first-order valence-electron chi connectivity index (χ1n) is 8.50. The Bertz CT molecular complexity index is 1180. The lowest BCUT2D eigenvalue weighted by atomic mass is 10.0. The van der Waals surface area contributed by atoms with Gasteiger partial charge in [-0.1, -0.05) is 29.8 Å². The molecule has 0 fully saturated rings. The molecule has 0 spiro atoms. The second kappa shape index (κ2) is 7.90. The first kappa shape index (κ1) is 19.7. The second-order valence-corrected chi connectivity index (χ2v) is 7.46. The molecule has 0 unspecified atom stereocenters. The molecule has 1 heterocycles. The van der Waals surface area contributed by atoms with Crippen LogP contribution in [0, 0.1) is 17.1 Å². The van der Waals surface area contributed by atoms with E-state index in [1.165, 1.54) is 12.1 Å². The van der Waals surface area contributed by atoms with Gasteiger partial charge in [0.1, 0.15) is 12.4 Å². The zero-order valence-corrected chi connectivity index (χ0v) is 16.7. The molecule has 8 heteroatoms. The summed E-state index contributed by atoms with van der Waals surface area (Å²) in [7, 11) is 0. The number of nitriles is 1. The van der Waals surface area contributed by atoms with Gasteiger partial charge in [-0.15, -0.1) is 0 Å². The number of anilines is 1. The maximum absolute atomic E-state index is 14.0. The first-order valence-corrected chi connectivity index (χ1v) is 9.29. The van der Waals surface area contributed by atoms with Crippen molar-refractivity contribution in [2.75, 3.05) is 5.32 Å². The number of hydrogen-bond donors (Lipinski definition) is 1. The van der Waals surface area contributed by atoms with Gasteiger partial charge >= 0.3 is 0 Å². The van der Waals surface area contributed by atoms with E-state index in [1.54, 1.807) is 12.1 Å². The number of hydrogen-bond acceptors (Lipinski definition) is 4. The van der Waals surface area contributed by atoms with Crippen molar-refractivity contribution in [1.29, 1.82) is 5.26 Å². The average Bonchev–Trinajstić information content (AvgIpc) is 2.65. The summed E-state index contributed by atoms with van der Waals surface area (Å²) >= 11 is 3.40. The van der Waals surface area contributed by atoms with Crippen LogP contribution in [0.5, 0.6) is 0 Å². The minimum atomic E-state index is -0.723. The molecular weight excluding hydrogens is 427 g/mol. The lowest BCUT2D eigenvalue weighted by Crippen LogP contribution is -2.31. The third-order valence-electron chi connectivity index (χ3n) is 4.16. The van der Waals surface area contributed by atoms with Crippen molar-refractivity contribution in [2.45, 2.75) is 26.3 Å². The average molecular weight is 443 g/mol. The Morgan fingerprint density at radius 3 is 2.68 bits per heavy atom. The summed E-state index contributed by atoms with van der Waals surface area (Å²) in [5.41, 5.74) is 0.372. The summed E-state index contributed by atoms with van der Waals surface area (Å²) < 4.78 is 15.9. The number of carbonyl (C=O) groups is 1. The molecule has 0 saturated carbocycles.